The molecule has 5 heteroatoms. The number of aromatic nitrogens is 2. The van der Waals surface area contributed by atoms with Gasteiger partial charge in [-0.05, 0) is 12.8 Å². The van der Waals surface area contributed by atoms with E-state index in [0.29, 0.717) is 12.6 Å². The average Bonchev–Trinajstić information content (AvgIpc) is 2.67. The number of hydrogen-bond donors (Lipinski definition) is 1. The van der Waals surface area contributed by atoms with Crippen LogP contribution in [0.15, 0.2) is 18.6 Å². The van der Waals surface area contributed by atoms with Gasteiger partial charge in [-0.1, -0.05) is 0 Å². The third kappa shape index (κ3) is 2.13. The summed E-state index contributed by atoms with van der Waals surface area (Å²) in [6.45, 7) is 1.76. The molecular formula is C9H15ClN4. The van der Waals surface area contributed by atoms with Crippen LogP contribution in [-0.2, 0) is 0 Å². The van der Waals surface area contributed by atoms with Crippen molar-refractivity contribution in [3.63, 3.8) is 0 Å². The highest BCUT2D eigenvalue weighted by atomic mass is 35.5. The third-order valence-electron chi connectivity index (χ3n) is 2.49. The van der Waals surface area contributed by atoms with Crippen molar-refractivity contribution < 1.29 is 0 Å². The zero-order valence-electron chi connectivity index (χ0n) is 7.97. The number of hydrogen-bond acceptors (Lipinski definition) is 4. The maximum Gasteiger partial charge on any atom is 0.147 e. The van der Waals surface area contributed by atoms with Crippen LogP contribution in [0, 0.1) is 0 Å². The lowest BCUT2D eigenvalue weighted by atomic mass is 10.2. The second kappa shape index (κ2) is 5.12. The largest absolute Gasteiger partial charge is 0.351 e. The van der Waals surface area contributed by atoms with Crippen molar-refractivity contribution in [1.82, 2.24) is 9.97 Å². The molecule has 2 rings (SSSR count). The number of nitrogens with two attached hydrogens (primary N) is 1. The molecule has 0 amide bonds. The average molecular weight is 215 g/mol. The van der Waals surface area contributed by atoms with E-state index in [1.54, 1.807) is 18.6 Å². The van der Waals surface area contributed by atoms with Crippen LogP contribution < -0.4 is 10.6 Å². The van der Waals surface area contributed by atoms with Crippen LogP contribution in [0.4, 0.5) is 5.82 Å². The molecule has 1 aromatic rings. The van der Waals surface area contributed by atoms with Gasteiger partial charge in [0.25, 0.3) is 0 Å². The Balaban J connectivity index is 0.000000980. The molecule has 2 N–H and O–H groups in total. The van der Waals surface area contributed by atoms with E-state index in [-0.39, 0.29) is 12.4 Å². The molecule has 0 spiro atoms. The molecular weight excluding hydrogens is 200 g/mol. The third-order valence-corrected chi connectivity index (χ3v) is 2.49. The van der Waals surface area contributed by atoms with Gasteiger partial charge in [0, 0.05) is 31.5 Å². The van der Waals surface area contributed by atoms with Crippen molar-refractivity contribution in [2.45, 2.75) is 18.9 Å². The van der Waals surface area contributed by atoms with Gasteiger partial charge < -0.3 is 10.6 Å². The van der Waals surface area contributed by atoms with E-state index in [2.05, 4.69) is 14.9 Å². The Morgan fingerprint density at radius 2 is 2.36 bits per heavy atom. The fourth-order valence-corrected chi connectivity index (χ4v) is 1.82. The van der Waals surface area contributed by atoms with Crippen molar-refractivity contribution in [3.05, 3.63) is 18.6 Å². The molecule has 0 aromatic carbocycles. The summed E-state index contributed by atoms with van der Waals surface area (Å²) in [5.41, 5.74) is 5.67. The Hall–Kier alpha value is -0.870. The molecule has 1 unspecified atom stereocenters. The highest BCUT2D eigenvalue weighted by Gasteiger charge is 2.23. The zero-order valence-corrected chi connectivity index (χ0v) is 8.78. The van der Waals surface area contributed by atoms with Crippen LogP contribution >= 0.6 is 12.4 Å². The molecule has 2 heterocycles. The molecule has 1 fully saturated rings. The van der Waals surface area contributed by atoms with E-state index in [1.807, 2.05) is 0 Å². The van der Waals surface area contributed by atoms with Gasteiger partial charge in [-0.3, -0.25) is 4.98 Å². The first-order valence-corrected chi connectivity index (χ1v) is 4.64. The van der Waals surface area contributed by atoms with Gasteiger partial charge in [0.2, 0.25) is 0 Å². The quantitative estimate of drug-likeness (QED) is 0.792. The van der Waals surface area contributed by atoms with Crippen LogP contribution in [0.2, 0.25) is 0 Å². The highest BCUT2D eigenvalue weighted by molar-refractivity contribution is 5.85. The normalized spacial score (nSPS) is 20.6. The minimum absolute atomic E-state index is 0. The fourth-order valence-electron chi connectivity index (χ4n) is 1.82. The van der Waals surface area contributed by atoms with Crippen molar-refractivity contribution in [2.24, 2.45) is 5.73 Å². The zero-order chi connectivity index (χ0) is 9.10. The van der Waals surface area contributed by atoms with E-state index in [4.69, 9.17) is 5.73 Å². The van der Waals surface area contributed by atoms with Gasteiger partial charge in [0.15, 0.2) is 0 Å². The van der Waals surface area contributed by atoms with Crippen LogP contribution in [-0.4, -0.2) is 29.1 Å². The Morgan fingerprint density at radius 3 is 3.00 bits per heavy atom. The molecule has 1 saturated heterocycles. The summed E-state index contributed by atoms with van der Waals surface area (Å²) in [5, 5.41) is 0. The second-order valence-electron chi connectivity index (χ2n) is 3.29. The van der Waals surface area contributed by atoms with Gasteiger partial charge in [-0.25, -0.2) is 4.98 Å². The first kappa shape index (κ1) is 11.2. The molecule has 1 aliphatic heterocycles. The van der Waals surface area contributed by atoms with E-state index < -0.39 is 0 Å². The molecule has 1 atom stereocenters. The molecule has 14 heavy (non-hydrogen) atoms. The minimum Gasteiger partial charge on any atom is -0.351 e. The van der Waals surface area contributed by atoms with E-state index in [0.717, 1.165) is 12.4 Å². The molecule has 4 nitrogen and oxygen atoms in total. The van der Waals surface area contributed by atoms with Gasteiger partial charge in [0.05, 0.1) is 6.20 Å². The van der Waals surface area contributed by atoms with Crippen molar-refractivity contribution in [1.29, 1.82) is 0 Å². The molecule has 1 aromatic heterocycles. The number of halogens is 1. The van der Waals surface area contributed by atoms with Crippen molar-refractivity contribution >= 4 is 18.2 Å². The van der Waals surface area contributed by atoms with Gasteiger partial charge in [0.1, 0.15) is 5.82 Å². The Kier molecular flexibility index (Phi) is 4.10. The summed E-state index contributed by atoms with van der Waals surface area (Å²) in [6.07, 6.45) is 7.59. The minimum atomic E-state index is 0. The first-order valence-electron chi connectivity index (χ1n) is 4.64. The lowest BCUT2D eigenvalue weighted by Crippen LogP contribution is -2.35. The lowest BCUT2D eigenvalue weighted by molar-refractivity contribution is 0.670. The first-order chi connectivity index (χ1) is 6.42. The van der Waals surface area contributed by atoms with Crippen LogP contribution in [0.25, 0.3) is 0 Å². The smallest absolute Gasteiger partial charge is 0.147 e. The van der Waals surface area contributed by atoms with Gasteiger partial charge >= 0.3 is 0 Å². The van der Waals surface area contributed by atoms with Crippen LogP contribution in [0.5, 0.6) is 0 Å². The monoisotopic (exact) mass is 214 g/mol. The highest BCUT2D eigenvalue weighted by Crippen LogP contribution is 2.21. The Labute approximate surface area is 89.9 Å². The number of nitrogens with zero attached hydrogens (tertiary/aromatic N) is 3. The molecule has 78 valence electrons. The summed E-state index contributed by atoms with van der Waals surface area (Å²) in [4.78, 5) is 10.6. The maximum absolute atomic E-state index is 5.67. The second-order valence-corrected chi connectivity index (χ2v) is 3.29. The summed E-state index contributed by atoms with van der Waals surface area (Å²) in [6, 6.07) is 0.455. The predicted molar refractivity (Wildman–Crippen MR) is 58.7 cm³/mol. The van der Waals surface area contributed by atoms with Crippen LogP contribution in [0.3, 0.4) is 0 Å². The summed E-state index contributed by atoms with van der Waals surface area (Å²) in [7, 11) is 0. The standard InChI is InChI=1S/C9H14N4.ClH/c10-6-8-2-1-5-13(8)9-7-11-3-4-12-9;/h3-4,7-8H,1-2,5-6,10H2;1H. The molecule has 0 saturated carbocycles. The SMILES string of the molecule is Cl.NCC1CCCN1c1cnccn1. The molecule has 1 aliphatic rings. The summed E-state index contributed by atoms with van der Waals surface area (Å²) in [5.74, 6) is 0.954. The number of rotatable bonds is 2. The lowest BCUT2D eigenvalue weighted by Gasteiger charge is -2.23. The molecule has 0 aliphatic carbocycles. The molecule has 0 radical (unpaired) electrons. The number of anilines is 1. The summed E-state index contributed by atoms with van der Waals surface area (Å²) < 4.78 is 0. The van der Waals surface area contributed by atoms with E-state index in [1.165, 1.54) is 12.8 Å². The van der Waals surface area contributed by atoms with Crippen LogP contribution in [0.1, 0.15) is 12.8 Å². The Bertz CT molecular complexity index is 267. The van der Waals surface area contributed by atoms with Crippen molar-refractivity contribution in [3.8, 4) is 0 Å². The summed E-state index contributed by atoms with van der Waals surface area (Å²) >= 11 is 0. The maximum atomic E-state index is 5.67. The topological polar surface area (TPSA) is 55.0 Å². The van der Waals surface area contributed by atoms with Gasteiger partial charge in [-0.2, -0.15) is 0 Å². The van der Waals surface area contributed by atoms with E-state index in [9.17, 15) is 0 Å². The molecule has 0 bridgehead atoms. The van der Waals surface area contributed by atoms with E-state index >= 15 is 0 Å². The predicted octanol–water partition coefficient (Wildman–Crippen LogP) is 0.826. The fraction of sp³-hybridized carbons (Fsp3) is 0.556. The Morgan fingerprint density at radius 1 is 1.50 bits per heavy atom. The van der Waals surface area contributed by atoms with Crippen molar-refractivity contribution in [2.75, 3.05) is 18.0 Å². The van der Waals surface area contributed by atoms with Gasteiger partial charge in [-0.15, -0.1) is 12.4 Å².